The molecule has 7 heteroatoms. The van der Waals surface area contributed by atoms with Gasteiger partial charge in [-0.1, -0.05) is 24.4 Å². The van der Waals surface area contributed by atoms with Gasteiger partial charge in [-0.25, -0.2) is 4.79 Å². The lowest BCUT2D eigenvalue weighted by atomic mass is 9.96. The van der Waals surface area contributed by atoms with Crippen LogP contribution in [0.2, 0.25) is 0 Å². The quantitative estimate of drug-likeness (QED) is 0.790. The van der Waals surface area contributed by atoms with Crippen LogP contribution >= 0.6 is 0 Å². The molecular weight excluding hydrogens is 272 g/mol. The number of rotatable bonds is 4. The number of anilines is 1. The molecule has 0 radical (unpaired) electrons. The van der Waals surface area contributed by atoms with Crippen LogP contribution in [0, 0.1) is 6.92 Å². The number of urea groups is 1. The number of aromatic nitrogens is 1. The fraction of sp³-hybridized carbons (Fsp3) is 0.643. The van der Waals surface area contributed by atoms with Crippen molar-refractivity contribution in [2.45, 2.75) is 58.0 Å². The molecule has 1 heterocycles. The molecule has 7 nitrogen and oxygen atoms in total. The fourth-order valence-electron chi connectivity index (χ4n) is 2.40. The maximum atomic E-state index is 11.9. The molecule has 0 aliphatic heterocycles. The van der Waals surface area contributed by atoms with Gasteiger partial charge in [0.05, 0.1) is 0 Å². The molecule has 1 fully saturated rings. The van der Waals surface area contributed by atoms with Crippen LogP contribution in [0.25, 0.3) is 0 Å². The van der Waals surface area contributed by atoms with Crippen molar-refractivity contribution in [1.82, 2.24) is 15.8 Å². The van der Waals surface area contributed by atoms with Crippen molar-refractivity contribution in [3.8, 4) is 0 Å². The first kappa shape index (κ1) is 15.3. The number of carbonyl (C=O) groups is 2. The van der Waals surface area contributed by atoms with E-state index >= 15 is 0 Å². The van der Waals surface area contributed by atoms with Crippen LogP contribution in [-0.4, -0.2) is 29.2 Å². The summed E-state index contributed by atoms with van der Waals surface area (Å²) in [4.78, 5) is 23.8. The molecule has 0 aromatic carbocycles. The van der Waals surface area contributed by atoms with E-state index in [1.54, 1.807) is 19.9 Å². The van der Waals surface area contributed by atoms with Crippen molar-refractivity contribution >= 4 is 17.8 Å². The predicted molar refractivity (Wildman–Crippen MR) is 77.9 cm³/mol. The number of hydrogen-bond donors (Lipinski definition) is 3. The third kappa shape index (κ3) is 4.77. The maximum absolute atomic E-state index is 11.9. The summed E-state index contributed by atoms with van der Waals surface area (Å²) in [5, 5.41) is 11.8. The summed E-state index contributed by atoms with van der Waals surface area (Å²) in [7, 11) is 0. The van der Waals surface area contributed by atoms with E-state index in [1.165, 1.54) is 6.42 Å². The van der Waals surface area contributed by atoms with Gasteiger partial charge >= 0.3 is 6.03 Å². The highest BCUT2D eigenvalue weighted by Crippen LogP contribution is 2.17. The smallest absolute Gasteiger partial charge is 0.315 e. The van der Waals surface area contributed by atoms with Gasteiger partial charge in [-0.15, -0.1) is 0 Å². The normalized spacial score (nSPS) is 17.0. The summed E-state index contributed by atoms with van der Waals surface area (Å²) >= 11 is 0. The van der Waals surface area contributed by atoms with Crippen molar-refractivity contribution in [2.75, 3.05) is 5.32 Å². The Labute approximate surface area is 123 Å². The molecule has 116 valence electrons. The molecule has 0 bridgehead atoms. The minimum Gasteiger partial charge on any atom is -0.360 e. The lowest BCUT2D eigenvalue weighted by molar-refractivity contribution is -0.117. The zero-order chi connectivity index (χ0) is 15.2. The Kier molecular flexibility index (Phi) is 5.19. The van der Waals surface area contributed by atoms with Gasteiger partial charge in [0.2, 0.25) is 5.91 Å². The molecule has 0 spiro atoms. The highest BCUT2D eigenvalue weighted by molar-refractivity contribution is 5.96. The Morgan fingerprint density at radius 2 is 2.05 bits per heavy atom. The van der Waals surface area contributed by atoms with E-state index in [4.69, 9.17) is 4.52 Å². The van der Waals surface area contributed by atoms with Crippen molar-refractivity contribution < 1.29 is 14.1 Å². The maximum Gasteiger partial charge on any atom is 0.315 e. The van der Waals surface area contributed by atoms with Gasteiger partial charge < -0.3 is 20.5 Å². The van der Waals surface area contributed by atoms with E-state index < -0.39 is 6.04 Å². The van der Waals surface area contributed by atoms with E-state index in [-0.39, 0.29) is 18.0 Å². The van der Waals surface area contributed by atoms with Crippen LogP contribution < -0.4 is 16.0 Å². The molecule has 1 atom stereocenters. The Morgan fingerprint density at radius 3 is 2.67 bits per heavy atom. The van der Waals surface area contributed by atoms with Gasteiger partial charge in [-0.3, -0.25) is 4.79 Å². The van der Waals surface area contributed by atoms with Crippen LogP contribution in [0.1, 0.15) is 44.8 Å². The molecule has 21 heavy (non-hydrogen) atoms. The number of aryl methyl sites for hydroxylation is 1. The third-order valence-electron chi connectivity index (χ3n) is 3.56. The Hall–Kier alpha value is -2.05. The fourth-order valence-corrected chi connectivity index (χ4v) is 2.40. The number of nitrogens with zero attached hydrogens (tertiary/aromatic N) is 1. The van der Waals surface area contributed by atoms with E-state index in [1.807, 2.05) is 0 Å². The summed E-state index contributed by atoms with van der Waals surface area (Å²) in [5.74, 6) is 0.627. The zero-order valence-electron chi connectivity index (χ0n) is 12.4. The van der Waals surface area contributed by atoms with Crippen molar-refractivity contribution in [3.05, 3.63) is 11.8 Å². The Bertz CT molecular complexity index is 494. The van der Waals surface area contributed by atoms with Crippen LogP contribution in [0.15, 0.2) is 10.6 Å². The lowest BCUT2D eigenvalue weighted by Gasteiger charge is -2.23. The van der Waals surface area contributed by atoms with Crippen molar-refractivity contribution in [3.63, 3.8) is 0 Å². The van der Waals surface area contributed by atoms with Crippen LogP contribution in [0.4, 0.5) is 10.6 Å². The molecule has 1 aromatic heterocycles. The Morgan fingerprint density at radius 1 is 1.33 bits per heavy atom. The second-order valence-corrected chi connectivity index (χ2v) is 5.49. The second kappa shape index (κ2) is 7.10. The van der Waals surface area contributed by atoms with E-state index in [9.17, 15) is 9.59 Å². The molecule has 1 aromatic rings. The third-order valence-corrected chi connectivity index (χ3v) is 3.56. The largest absolute Gasteiger partial charge is 0.360 e. The highest BCUT2D eigenvalue weighted by Gasteiger charge is 2.20. The second-order valence-electron chi connectivity index (χ2n) is 5.49. The number of carbonyl (C=O) groups excluding carboxylic acids is 2. The van der Waals surface area contributed by atoms with Crippen LogP contribution in [0.5, 0.6) is 0 Å². The monoisotopic (exact) mass is 294 g/mol. The van der Waals surface area contributed by atoms with Gasteiger partial charge in [-0.05, 0) is 26.7 Å². The van der Waals surface area contributed by atoms with E-state index in [2.05, 4.69) is 21.1 Å². The summed E-state index contributed by atoms with van der Waals surface area (Å²) in [6.45, 7) is 3.37. The summed E-state index contributed by atoms with van der Waals surface area (Å²) in [5.41, 5.74) is 0. The van der Waals surface area contributed by atoms with Crippen LogP contribution in [-0.2, 0) is 4.79 Å². The minimum absolute atomic E-state index is 0.215. The lowest BCUT2D eigenvalue weighted by Crippen LogP contribution is -2.49. The minimum atomic E-state index is -0.648. The molecule has 0 saturated heterocycles. The van der Waals surface area contributed by atoms with E-state index in [0.717, 1.165) is 25.7 Å². The van der Waals surface area contributed by atoms with Gasteiger partial charge in [0.15, 0.2) is 5.82 Å². The molecule has 1 aliphatic rings. The topological polar surface area (TPSA) is 96.3 Å². The first-order valence-corrected chi connectivity index (χ1v) is 7.36. The summed E-state index contributed by atoms with van der Waals surface area (Å²) in [6, 6.07) is 0.880. The molecule has 3 N–H and O–H groups in total. The molecule has 1 aliphatic carbocycles. The Balaban J connectivity index is 1.75. The van der Waals surface area contributed by atoms with E-state index in [0.29, 0.717) is 11.6 Å². The van der Waals surface area contributed by atoms with Crippen molar-refractivity contribution in [2.24, 2.45) is 0 Å². The van der Waals surface area contributed by atoms with Crippen LogP contribution in [0.3, 0.4) is 0 Å². The first-order valence-electron chi connectivity index (χ1n) is 7.36. The number of amides is 3. The van der Waals surface area contributed by atoms with Crippen molar-refractivity contribution in [1.29, 1.82) is 0 Å². The molecular formula is C14H22N4O3. The van der Waals surface area contributed by atoms with Gasteiger partial charge in [-0.2, -0.15) is 0 Å². The van der Waals surface area contributed by atoms with Gasteiger partial charge in [0, 0.05) is 12.1 Å². The average molecular weight is 294 g/mol. The summed E-state index contributed by atoms with van der Waals surface area (Å²) in [6.07, 6.45) is 5.53. The molecule has 0 unspecified atom stereocenters. The molecule has 2 rings (SSSR count). The highest BCUT2D eigenvalue weighted by atomic mass is 16.5. The molecule has 1 saturated carbocycles. The molecule has 3 amide bonds. The average Bonchev–Trinajstić information content (AvgIpc) is 2.85. The van der Waals surface area contributed by atoms with Gasteiger partial charge in [0.1, 0.15) is 11.8 Å². The van der Waals surface area contributed by atoms with Gasteiger partial charge in [0.25, 0.3) is 0 Å². The SMILES string of the molecule is Cc1cc(NC(=O)[C@@H](C)NC(=O)NC2CCCCC2)no1. The number of nitrogens with one attached hydrogen (secondary N) is 3. The zero-order valence-corrected chi connectivity index (χ0v) is 12.4. The standard InChI is InChI=1S/C14H22N4O3/c1-9-8-12(18-21-9)17-13(19)10(2)15-14(20)16-11-6-4-3-5-7-11/h8,10-11H,3-7H2,1-2H3,(H2,15,16,20)(H,17,18,19)/t10-/m1/s1. The predicted octanol–water partition coefficient (Wildman–Crippen LogP) is 1.94. The number of hydrogen-bond acceptors (Lipinski definition) is 4. The first-order chi connectivity index (χ1) is 10.0. The summed E-state index contributed by atoms with van der Waals surface area (Å²) < 4.78 is 4.86.